The molecule has 136 valence electrons. The van der Waals surface area contributed by atoms with E-state index in [9.17, 15) is 17.6 Å². The Kier molecular flexibility index (Phi) is 4.13. The Morgan fingerprint density at radius 3 is 2.44 bits per heavy atom. The molecular formula is C19H11ClFNO4S. The van der Waals surface area contributed by atoms with E-state index in [1.165, 1.54) is 12.1 Å². The Balaban J connectivity index is 1.90. The second kappa shape index (κ2) is 6.37. The fourth-order valence-corrected chi connectivity index (χ4v) is 3.97. The molecule has 4 aromatic rings. The second-order valence-corrected chi connectivity index (χ2v) is 7.93. The van der Waals surface area contributed by atoms with E-state index in [1.54, 1.807) is 24.3 Å². The van der Waals surface area contributed by atoms with Crippen molar-refractivity contribution >= 4 is 49.3 Å². The topological polar surface area (TPSA) is 76.4 Å². The maximum Gasteiger partial charge on any atom is 0.262 e. The van der Waals surface area contributed by atoms with Crippen molar-refractivity contribution in [2.75, 3.05) is 4.72 Å². The molecule has 0 amide bonds. The minimum absolute atomic E-state index is 0.0861. The van der Waals surface area contributed by atoms with Gasteiger partial charge in [0.2, 0.25) is 5.43 Å². The molecule has 0 saturated carbocycles. The van der Waals surface area contributed by atoms with Crippen LogP contribution in [0.1, 0.15) is 0 Å². The Morgan fingerprint density at radius 2 is 1.70 bits per heavy atom. The summed E-state index contributed by atoms with van der Waals surface area (Å²) in [6.45, 7) is 0. The summed E-state index contributed by atoms with van der Waals surface area (Å²) in [4.78, 5) is 12.6. The van der Waals surface area contributed by atoms with Gasteiger partial charge in [-0.3, -0.25) is 9.52 Å². The third kappa shape index (κ3) is 3.15. The molecule has 8 heteroatoms. The average Bonchev–Trinajstić information content (AvgIpc) is 2.62. The summed E-state index contributed by atoms with van der Waals surface area (Å²) in [6.07, 6.45) is 0. The highest BCUT2D eigenvalue weighted by Gasteiger charge is 2.18. The highest BCUT2D eigenvalue weighted by Crippen LogP contribution is 2.28. The zero-order valence-electron chi connectivity index (χ0n) is 13.6. The SMILES string of the molecule is O=c1c2ccc(Cl)cc2oc2c(NS(=O)(=O)c3ccc(F)cc3)cccc12. The van der Waals surface area contributed by atoms with Crippen LogP contribution >= 0.6 is 11.6 Å². The van der Waals surface area contributed by atoms with Crippen LogP contribution in [0.4, 0.5) is 10.1 Å². The zero-order chi connectivity index (χ0) is 19.2. The van der Waals surface area contributed by atoms with Crippen molar-refractivity contribution in [1.82, 2.24) is 0 Å². The number of hydrogen-bond donors (Lipinski definition) is 1. The van der Waals surface area contributed by atoms with Crippen molar-refractivity contribution in [3.8, 4) is 0 Å². The van der Waals surface area contributed by atoms with Crippen molar-refractivity contribution in [2.24, 2.45) is 0 Å². The van der Waals surface area contributed by atoms with Gasteiger partial charge in [-0.25, -0.2) is 12.8 Å². The number of sulfonamides is 1. The molecule has 3 aromatic carbocycles. The van der Waals surface area contributed by atoms with Gasteiger partial charge in [0.1, 0.15) is 11.4 Å². The molecule has 0 aliphatic rings. The maximum atomic E-state index is 13.1. The third-order valence-corrected chi connectivity index (χ3v) is 5.64. The van der Waals surface area contributed by atoms with Crippen LogP contribution in [0.5, 0.6) is 0 Å². The van der Waals surface area contributed by atoms with Crippen LogP contribution in [0.3, 0.4) is 0 Å². The quantitative estimate of drug-likeness (QED) is 0.509. The number of anilines is 1. The predicted octanol–water partition coefficient (Wildman–Crippen LogP) is 4.54. The minimum atomic E-state index is -4.00. The van der Waals surface area contributed by atoms with Gasteiger partial charge in [0.25, 0.3) is 10.0 Å². The number of halogens is 2. The lowest BCUT2D eigenvalue weighted by molar-refractivity contribution is 0.599. The summed E-state index contributed by atoms with van der Waals surface area (Å²) < 4.78 is 46.4. The molecule has 1 N–H and O–H groups in total. The average molecular weight is 404 g/mol. The van der Waals surface area contributed by atoms with E-state index in [4.69, 9.17) is 16.0 Å². The molecule has 0 bridgehead atoms. The van der Waals surface area contributed by atoms with Gasteiger partial charge in [0.05, 0.1) is 21.4 Å². The van der Waals surface area contributed by atoms with Crippen molar-refractivity contribution in [1.29, 1.82) is 0 Å². The predicted molar refractivity (Wildman–Crippen MR) is 102 cm³/mol. The molecule has 0 saturated heterocycles. The lowest BCUT2D eigenvalue weighted by atomic mass is 10.1. The Morgan fingerprint density at radius 1 is 0.963 bits per heavy atom. The summed E-state index contributed by atoms with van der Waals surface area (Å²) >= 11 is 5.96. The molecule has 0 spiro atoms. The largest absolute Gasteiger partial charge is 0.454 e. The van der Waals surface area contributed by atoms with E-state index in [-0.39, 0.29) is 32.6 Å². The van der Waals surface area contributed by atoms with Gasteiger partial charge in [0.15, 0.2) is 5.58 Å². The van der Waals surface area contributed by atoms with Crippen molar-refractivity contribution in [3.63, 3.8) is 0 Å². The zero-order valence-corrected chi connectivity index (χ0v) is 15.1. The van der Waals surface area contributed by atoms with Gasteiger partial charge in [-0.1, -0.05) is 17.7 Å². The van der Waals surface area contributed by atoms with Crippen LogP contribution in [0, 0.1) is 5.82 Å². The van der Waals surface area contributed by atoms with E-state index in [0.29, 0.717) is 10.4 Å². The normalized spacial score (nSPS) is 11.8. The van der Waals surface area contributed by atoms with Gasteiger partial charge in [-0.15, -0.1) is 0 Å². The summed E-state index contributed by atoms with van der Waals surface area (Å²) in [7, 11) is -4.00. The van der Waals surface area contributed by atoms with Gasteiger partial charge < -0.3 is 4.42 Å². The molecule has 4 rings (SSSR count). The molecule has 0 unspecified atom stereocenters. The van der Waals surface area contributed by atoms with Crippen LogP contribution in [0.25, 0.3) is 21.9 Å². The molecule has 1 aromatic heterocycles. The lowest BCUT2D eigenvalue weighted by Crippen LogP contribution is -2.14. The molecular weight excluding hydrogens is 393 g/mol. The maximum absolute atomic E-state index is 13.1. The van der Waals surface area contributed by atoms with Crippen LogP contribution in [0.15, 0.2) is 74.8 Å². The van der Waals surface area contributed by atoms with Crippen LogP contribution in [-0.4, -0.2) is 8.42 Å². The van der Waals surface area contributed by atoms with Gasteiger partial charge in [0, 0.05) is 11.1 Å². The van der Waals surface area contributed by atoms with E-state index in [0.717, 1.165) is 24.3 Å². The van der Waals surface area contributed by atoms with Gasteiger partial charge in [-0.2, -0.15) is 0 Å². The van der Waals surface area contributed by atoms with Crippen LogP contribution in [-0.2, 0) is 10.0 Å². The molecule has 0 atom stereocenters. The third-order valence-electron chi connectivity index (χ3n) is 4.03. The number of benzene rings is 3. The fourth-order valence-electron chi connectivity index (χ4n) is 2.75. The molecule has 0 radical (unpaired) electrons. The van der Waals surface area contributed by atoms with Crippen LogP contribution in [0.2, 0.25) is 5.02 Å². The highest BCUT2D eigenvalue weighted by atomic mass is 35.5. The van der Waals surface area contributed by atoms with Crippen molar-refractivity contribution in [2.45, 2.75) is 4.90 Å². The number of nitrogens with one attached hydrogen (secondary N) is 1. The van der Waals surface area contributed by atoms with Gasteiger partial charge >= 0.3 is 0 Å². The lowest BCUT2D eigenvalue weighted by Gasteiger charge is -2.10. The van der Waals surface area contributed by atoms with Crippen molar-refractivity contribution < 1.29 is 17.2 Å². The first-order valence-electron chi connectivity index (χ1n) is 7.79. The number of fused-ring (bicyclic) bond motifs is 2. The first-order valence-corrected chi connectivity index (χ1v) is 9.65. The van der Waals surface area contributed by atoms with Gasteiger partial charge in [-0.05, 0) is 48.5 Å². The minimum Gasteiger partial charge on any atom is -0.454 e. The Labute approximate surface area is 158 Å². The van der Waals surface area contributed by atoms with Crippen molar-refractivity contribution in [3.05, 3.63) is 81.7 Å². The molecule has 0 aliphatic heterocycles. The summed E-state index contributed by atoms with van der Waals surface area (Å²) in [5.74, 6) is -0.548. The van der Waals surface area contributed by atoms with E-state index in [2.05, 4.69) is 4.72 Å². The molecule has 0 fully saturated rings. The number of rotatable bonds is 3. The number of para-hydroxylation sites is 1. The number of hydrogen-bond acceptors (Lipinski definition) is 4. The summed E-state index contributed by atoms with van der Waals surface area (Å²) in [5.41, 5.74) is 0.123. The molecule has 5 nitrogen and oxygen atoms in total. The van der Waals surface area contributed by atoms with E-state index in [1.807, 2.05) is 0 Å². The molecule has 1 heterocycles. The molecule has 0 aliphatic carbocycles. The second-order valence-electron chi connectivity index (χ2n) is 5.81. The van der Waals surface area contributed by atoms with E-state index >= 15 is 0 Å². The van der Waals surface area contributed by atoms with Crippen LogP contribution < -0.4 is 10.2 Å². The first kappa shape index (κ1) is 17.5. The summed E-state index contributed by atoms with van der Waals surface area (Å²) in [5, 5.41) is 0.948. The summed E-state index contributed by atoms with van der Waals surface area (Å²) in [6, 6.07) is 13.6. The smallest absolute Gasteiger partial charge is 0.262 e. The molecule has 27 heavy (non-hydrogen) atoms. The monoisotopic (exact) mass is 403 g/mol. The Hall–Kier alpha value is -2.90. The van der Waals surface area contributed by atoms with E-state index < -0.39 is 15.8 Å². The Bertz CT molecular complexity index is 1350. The standard InChI is InChI=1S/C19H11ClFNO4S/c20-11-4-9-14-17(10-11)26-19-15(18(14)23)2-1-3-16(19)22-27(24,25)13-7-5-12(21)6-8-13/h1-10,22H. The first-order chi connectivity index (χ1) is 12.8. The highest BCUT2D eigenvalue weighted by molar-refractivity contribution is 7.92. The fraction of sp³-hybridized carbons (Fsp3) is 0.